The van der Waals surface area contributed by atoms with E-state index < -0.39 is 5.41 Å². The average molecular weight is 269 g/mol. The summed E-state index contributed by atoms with van der Waals surface area (Å²) in [7, 11) is 0. The molecule has 0 radical (unpaired) electrons. The molecule has 1 saturated carbocycles. The van der Waals surface area contributed by atoms with Gasteiger partial charge in [0.15, 0.2) is 0 Å². The zero-order valence-corrected chi connectivity index (χ0v) is 12.1. The van der Waals surface area contributed by atoms with Crippen molar-refractivity contribution in [3.05, 3.63) is 0 Å². The molecule has 2 aliphatic rings. The van der Waals surface area contributed by atoms with Crippen molar-refractivity contribution in [2.75, 3.05) is 19.7 Å². The number of hydrogen-bond acceptors (Lipinski definition) is 3. The highest BCUT2D eigenvalue weighted by Gasteiger charge is 2.39. The molecule has 1 heterocycles. The average Bonchev–Trinajstić information content (AvgIpc) is 2.92. The second-order valence-corrected chi connectivity index (χ2v) is 6.86. The first-order chi connectivity index (χ1) is 8.95. The smallest absolute Gasteiger partial charge is 0.230 e. The summed E-state index contributed by atoms with van der Waals surface area (Å²) in [6.45, 7) is 4.72. The van der Waals surface area contributed by atoms with Crippen molar-refractivity contribution in [2.45, 2.75) is 52.1 Å². The summed E-state index contributed by atoms with van der Waals surface area (Å²) in [4.78, 5) is 14.3. The Balaban J connectivity index is 2.02. The lowest BCUT2D eigenvalue weighted by Crippen LogP contribution is -2.52. The lowest BCUT2D eigenvalue weighted by molar-refractivity contribution is -0.147. The van der Waals surface area contributed by atoms with Gasteiger partial charge in [0, 0.05) is 19.0 Å². The maximum absolute atomic E-state index is 12.4. The number of nitrogens with zero attached hydrogens (tertiary/aromatic N) is 1. The lowest BCUT2D eigenvalue weighted by Gasteiger charge is -2.41. The number of rotatable bonds is 3. The predicted octanol–water partition coefficient (Wildman–Crippen LogP) is 1.40. The van der Waals surface area contributed by atoms with Gasteiger partial charge in [0.05, 0.1) is 18.1 Å². The van der Waals surface area contributed by atoms with Crippen LogP contribution in [-0.2, 0) is 4.79 Å². The minimum Gasteiger partial charge on any atom is -0.395 e. The molecule has 19 heavy (non-hydrogen) atoms. The van der Waals surface area contributed by atoms with E-state index in [0.29, 0.717) is 25.4 Å². The first-order valence-corrected chi connectivity index (χ1v) is 7.54. The summed E-state index contributed by atoms with van der Waals surface area (Å²) >= 11 is 0. The molecular formula is C15H27NO3. The van der Waals surface area contributed by atoms with Crippen molar-refractivity contribution in [1.29, 1.82) is 0 Å². The fourth-order valence-corrected chi connectivity index (χ4v) is 3.50. The van der Waals surface area contributed by atoms with Gasteiger partial charge < -0.3 is 15.1 Å². The summed E-state index contributed by atoms with van der Waals surface area (Å²) < 4.78 is 0. The van der Waals surface area contributed by atoms with Gasteiger partial charge >= 0.3 is 0 Å². The number of piperidine rings is 1. The van der Waals surface area contributed by atoms with E-state index in [1.807, 2.05) is 4.90 Å². The highest BCUT2D eigenvalue weighted by molar-refractivity contribution is 5.82. The number of aliphatic hydroxyl groups is 2. The SMILES string of the molecule is CC(C)(CO)C(=O)N1CC[C@@H](O)[C@H](C2CCCC2)C1. The molecule has 2 fully saturated rings. The normalized spacial score (nSPS) is 29.8. The summed E-state index contributed by atoms with van der Waals surface area (Å²) in [6.07, 6.45) is 5.30. The standard InChI is InChI=1S/C15H27NO3/c1-15(2,10-17)14(19)16-8-7-13(18)12(9-16)11-5-3-4-6-11/h11-13,17-18H,3-10H2,1-2H3/t12-,13+/m0/s1. The third-order valence-corrected chi connectivity index (χ3v) is 4.89. The van der Waals surface area contributed by atoms with Crippen LogP contribution in [0.2, 0.25) is 0 Å². The van der Waals surface area contributed by atoms with Crippen molar-refractivity contribution < 1.29 is 15.0 Å². The van der Waals surface area contributed by atoms with E-state index >= 15 is 0 Å². The molecule has 1 amide bonds. The van der Waals surface area contributed by atoms with Crippen LogP contribution in [0.4, 0.5) is 0 Å². The number of likely N-dealkylation sites (tertiary alicyclic amines) is 1. The summed E-state index contributed by atoms with van der Waals surface area (Å²) in [5, 5.41) is 19.5. The Kier molecular flexibility index (Phi) is 4.51. The van der Waals surface area contributed by atoms with Gasteiger partial charge in [-0.1, -0.05) is 25.7 Å². The highest BCUT2D eigenvalue weighted by Crippen LogP contribution is 2.37. The summed E-state index contributed by atoms with van der Waals surface area (Å²) in [5.41, 5.74) is -0.706. The van der Waals surface area contributed by atoms with Crippen LogP contribution < -0.4 is 0 Å². The number of aliphatic hydroxyl groups excluding tert-OH is 2. The molecule has 110 valence electrons. The van der Waals surface area contributed by atoms with Gasteiger partial charge in [0.1, 0.15) is 0 Å². The molecule has 2 N–H and O–H groups in total. The van der Waals surface area contributed by atoms with Crippen molar-refractivity contribution in [3.63, 3.8) is 0 Å². The van der Waals surface area contributed by atoms with Gasteiger partial charge in [-0.25, -0.2) is 0 Å². The predicted molar refractivity (Wildman–Crippen MR) is 73.5 cm³/mol. The van der Waals surface area contributed by atoms with Crippen LogP contribution in [0.25, 0.3) is 0 Å². The molecule has 2 atom stereocenters. The molecule has 4 heteroatoms. The summed E-state index contributed by atoms with van der Waals surface area (Å²) in [6, 6.07) is 0. The van der Waals surface area contributed by atoms with Crippen LogP contribution in [0.5, 0.6) is 0 Å². The van der Waals surface area contributed by atoms with Crippen LogP contribution in [0.1, 0.15) is 46.0 Å². The van der Waals surface area contributed by atoms with Gasteiger partial charge in [-0.15, -0.1) is 0 Å². The van der Waals surface area contributed by atoms with Crippen molar-refractivity contribution in [1.82, 2.24) is 4.90 Å². The molecule has 0 aromatic heterocycles. The maximum Gasteiger partial charge on any atom is 0.230 e. The molecule has 0 unspecified atom stereocenters. The Morgan fingerprint density at radius 1 is 1.26 bits per heavy atom. The highest BCUT2D eigenvalue weighted by atomic mass is 16.3. The van der Waals surface area contributed by atoms with E-state index in [1.54, 1.807) is 13.8 Å². The monoisotopic (exact) mass is 269 g/mol. The quantitative estimate of drug-likeness (QED) is 0.814. The fraction of sp³-hybridized carbons (Fsp3) is 0.933. The zero-order valence-electron chi connectivity index (χ0n) is 12.1. The molecule has 2 rings (SSSR count). The molecule has 0 bridgehead atoms. The first-order valence-electron chi connectivity index (χ1n) is 7.54. The summed E-state index contributed by atoms with van der Waals surface area (Å²) in [5.74, 6) is 0.822. The van der Waals surface area contributed by atoms with E-state index in [1.165, 1.54) is 25.7 Å². The van der Waals surface area contributed by atoms with Gasteiger partial charge in [0.2, 0.25) is 5.91 Å². The minimum atomic E-state index is -0.706. The molecule has 4 nitrogen and oxygen atoms in total. The number of carbonyl (C=O) groups excluding carboxylic acids is 1. The van der Waals surface area contributed by atoms with E-state index in [-0.39, 0.29) is 24.5 Å². The number of carbonyl (C=O) groups is 1. The molecule has 1 aliphatic heterocycles. The van der Waals surface area contributed by atoms with Gasteiger partial charge in [-0.3, -0.25) is 4.79 Å². The molecule has 0 aromatic carbocycles. The fourth-order valence-electron chi connectivity index (χ4n) is 3.50. The zero-order chi connectivity index (χ0) is 14.0. The van der Waals surface area contributed by atoms with E-state index in [0.717, 1.165) is 0 Å². The molecular weight excluding hydrogens is 242 g/mol. The van der Waals surface area contributed by atoms with Gasteiger partial charge in [-0.2, -0.15) is 0 Å². The van der Waals surface area contributed by atoms with Crippen LogP contribution in [-0.4, -0.2) is 46.8 Å². The van der Waals surface area contributed by atoms with Gasteiger partial charge in [0.25, 0.3) is 0 Å². The second-order valence-electron chi connectivity index (χ2n) is 6.86. The third-order valence-electron chi connectivity index (χ3n) is 4.89. The Morgan fingerprint density at radius 3 is 2.47 bits per heavy atom. The lowest BCUT2D eigenvalue weighted by atomic mass is 9.81. The molecule has 0 aromatic rings. The first kappa shape index (κ1) is 14.8. The van der Waals surface area contributed by atoms with E-state index in [9.17, 15) is 15.0 Å². The second kappa shape index (κ2) is 5.80. The molecule has 1 saturated heterocycles. The largest absolute Gasteiger partial charge is 0.395 e. The number of amides is 1. The molecule has 0 spiro atoms. The van der Waals surface area contributed by atoms with Crippen LogP contribution in [0, 0.1) is 17.3 Å². The van der Waals surface area contributed by atoms with Crippen molar-refractivity contribution >= 4 is 5.91 Å². The van der Waals surface area contributed by atoms with Crippen LogP contribution in [0.3, 0.4) is 0 Å². The van der Waals surface area contributed by atoms with Gasteiger partial charge in [-0.05, 0) is 26.2 Å². The minimum absolute atomic E-state index is 0.0184. The van der Waals surface area contributed by atoms with Crippen LogP contribution >= 0.6 is 0 Å². The Morgan fingerprint density at radius 2 is 1.89 bits per heavy atom. The van der Waals surface area contributed by atoms with Crippen molar-refractivity contribution in [3.8, 4) is 0 Å². The Labute approximate surface area is 115 Å². The van der Waals surface area contributed by atoms with Crippen molar-refractivity contribution in [2.24, 2.45) is 17.3 Å². The van der Waals surface area contributed by atoms with Crippen LogP contribution in [0.15, 0.2) is 0 Å². The Bertz CT molecular complexity index is 323. The number of hydrogen-bond donors (Lipinski definition) is 2. The third kappa shape index (κ3) is 3.11. The maximum atomic E-state index is 12.4. The topological polar surface area (TPSA) is 60.8 Å². The Hall–Kier alpha value is -0.610. The molecule has 1 aliphatic carbocycles. The van der Waals surface area contributed by atoms with E-state index in [2.05, 4.69) is 0 Å². The van der Waals surface area contributed by atoms with E-state index in [4.69, 9.17) is 0 Å².